The van der Waals surface area contributed by atoms with Gasteiger partial charge in [-0.15, -0.1) is 0 Å². The second-order valence-electron chi connectivity index (χ2n) is 11.1. The van der Waals surface area contributed by atoms with E-state index in [9.17, 15) is 0 Å². The molecule has 0 fully saturated rings. The van der Waals surface area contributed by atoms with Gasteiger partial charge in [-0.2, -0.15) is 0 Å². The third-order valence-electron chi connectivity index (χ3n) is 8.12. The molecule has 0 aromatic heterocycles. The molecule has 0 saturated carbocycles. The first-order valence-electron chi connectivity index (χ1n) is 16.3. The third-order valence-corrected chi connectivity index (χ3v) is 20.9. The lowest BCUT2D eigenvalue weighted by Crippen LogP contribution is -2.51. The van der Waals surface area contributed by atoms with Gasteiger partial charge in [0.25, 0.3) is 0 Å². The highest BCUT2D eigenvalue weighted by atomic mass is 31.1. The SMILES string of the molecule is CCO[Si](OCC)(OCC)C(C)[SiH2]C(CCP(c1ccccc1)c1ccccc1)CCP(c1ccccc1)c1ccccc1. The average Bonchev–Trinajstić information content (AvgIpc) is 3.07. The first-order valence-corrected chi connectivity index (χ1v) is 22.8. The Bertz CT molecular complexity index is 1130. The summed E-state index contributed by atoms with van der Waals surface area (Å²) >= 11 is 0. The predicted octanol–water partition coefficient (Wildman–Crippen LogP) is 7.39. The molecule has 1 atom stereocenters. The summed E-state index contributed by atoms with van der Waals surface area (Å²) in [5, 5.41) is 6.25. The van der Waals surface area contributed by atoms with Crippen LogP contribution < -0.4 is 21.2 Å². The summed E-state index contributed by atoms with van der Waals surface area (Å²) in [6, 6.07) is 44.7. The minimum atomic E-state index is -2.76. The number of hydrogen-bond acceptors (Lipinski definition) is 3. The van der Waals surface area contributed by atoms with Gasteiger partial charge in [0.05, 0.1) is 0 Å². The molecule has 0 bridgehead atoms. The second-order valence-corrected chi connectivity index (χ2v) is 22.5. The summed E-state index contributed by atoms with van der Waals surface area (Å²) in [6.07, 6.45) is 4.87. The third kappa shape index (κ3) is 10.0. The molecular weight excluding hydrogens is 611 g/mol. The van der Waals surface area contributed by atoms with Crippen LogP contribution in [-0.2, 0) is 13.3 Å². The van der Waals surface area contributed by atoms with E-state index >= 15 is 0 Å². The van der Waals surface area contributed by atoms with Crippen molar-refractivity contribution >= 4 is 55.4 Å². The minimum absolute atomic E-state index is 0.367. The van der Waals surface area contributed by atoms with Gasteiger partial charge in [-0.1, -0.05) is 134 Å². The van der Waals surface area contributed by atoms with Gasteiger partial charge in [0.15, 0.2) is 0 Å². The quantitative estimate of drug-likeness (QED) is 0.0776. The van der Waals surface area contributed by atoms with E-state index in [1.165, 1.54) is 46.4 Å². The maximum atomic E-state index is 6.44. The normalized spacial score (nSPS) is 13.0. The molecule has 1 unspecified atom stereocenters. The smallest absolute Gasteiger partial charge is 0.374 e. The van der Waals surface area contributed by atoms with Crippen molar-refractivity contribution in [1.82, 2.24) is 0 Å². The largest absolute Gasteiger partial charge is 0.500 e. The van der Waals surface area contributed by atoms with Crippen LogP contribution in [0.15, 0.2) is 121 Å². The van der Waals surface area contributed by atoms with Crippen molar-refractivity contribution in [3.8, 4) is 0 Å². The van der Waals surface area contributed by atoms with Gasteiger partial charge in [-0.25, -0.2) is 0 Å². The van der Waals surface area contributed by atoms with E-state index < -0.39 is 34.2 Å². The highest BCUT2D eigenvalue weighted by Crippen LogP contribution is 2.42. The zero-order chi connectivity index (χ0) is 31.0. The summed E-state index contributed by atoms with van der Waals surface area (Å²) < 4.78 is 19.3. The molecule has 234 valence electrons. The Hall–Kier alpha value is -1.95. The molecule has 44 heavy (non-hydrogen) atoms. The Labute approximate surface area is 272 Å². The topological polar surface area (TPSA) is 27.7 Å². The van der Waals surface area contributed by atoms with E-state index in [1.54, 1.807) is 0 Å². The standard InChI is InChI=1S/C37H50O3P2Si2/c1-5-38-44(39-6-2,40-7-3)32(4)43-37(28-30-41(33-20-12-8-13-21-33)34-22-14-9-15-23-34)29-31-42(35-24-16-10-17-25-35)36-26-18-11-19-27-36/h8-27,32,37H,5-7,28-31,43H2,1-4H3. The molecule has 0 radical (unpaired) electrons. The summed E-state index contributed by atoms with van der Waals surface area (Å²) in [5.41, 5.74) is 0.674. The summed E-state index contributed by atoms with van der Waals surface area (Å²) in [5.74, 6) is 0. The molecule has 4 aromatic rings. The van der Waals surface area contributed by atoms with Crippen LogP contribution in [0.1, 0.15) is 40.5 Å². The monoisotopic (exact) mass is 660 g/mol. The molecule has 0 aliphatic rings. The van der Waals surface area contributed by atoms with Gasteiger partial charge >= 0.3 is 8.80 Å². The molecule has 4 rings (SSSR count). The van der Waals surface area contributed by atoms with Crippen LogP contribution in [0.5, 0.6) is 0 Å². The average molecular weight is 661 g/mol. The van der Waals surface area contributed by atoms with Crippen molar-refractivity contribution in [1.29, 1.82) is 0 Å². The molecule has 0 spiro atoms. The van der Waals surface area contributed by atoms with E-state index in [0.717, 1.165) is 0 Å². The first kappa shape index (κ1) is 34.9. The Balaban J connectivity index is 1.62. The highest BCUT2D eigenvalue weighted by Gasteiger charge is 2.47. The molecule has 0 amide bonds. The molecule has 4 aromatic carbocycles. The van der Waals surface area contributed by atoms with Gasteiger partial charge in [0.2, 0.25) is 0 Å². The van der Waals surface area contributed by atoms with Crippen molar-refractivity contribution in [3.63, 3.8) is 0 Å². The van der Waals surface area contributed by atoms with Crippen molar-refractivity contribution < 1.29 is 13.3 Å². The van der Waals surface area contributed by atoms with E-state index in [-0.39, 0.29) is 0 Å². The molecule has 0 saturated heterocycles. The van der Waals surface area contributed by atoms with Crippen molar-refractivity contribution in [2.45, 2.75) is 51.2 Å². The van der Waals surface area contributed by atoms with Crippen LogP contribution in [0.3, 0.4) is 0 Å². The van der Waals surface area contributed by atoms with Crippen molar-refractivity contribution in [2.75, 3.05) is 32.1 Å². The molecule has 3 nitrogen and oxygen atoms in total. The molecule has 0 aliphatic heterocycles. The summed E-state index contributed by atoms with van der Waals surface area (Å²) in [6.45, 7) is 10.5. The number of benzene rings is 4. The second kappa shape index (κ2) is 18.9. The Morgan fingerprint density at radius 3 is 1.09 bits per heavy atom. The number of rotatable bonds is 19. The molecule has 0 N–H and O–H groups in total. The van der Waals surface area contributed by atoms with Crippen LogP contribution in [0.4, 0.5) is 0 Å². The van der Waals surface area contributed by atoms with Crippen LogP contribution in [0.2, 0.25) is 10.7 Å². The lowest BCUT2D eigenvalue weighted by Gasteiger charge is -2.35. The fourth-order valence-electron chi connectivity index (χ4n) is 6.05. The minimum Gasteiger partial charge on any atom is -0.374 e. The van der Waals surface area contributed by atoms with E-state index in [4.69, 9.17) is 13.3 Å². The molecular formula is C37H50O3P2Si2. The Kier molecular flexibility index (Phi) is 15.0. The van der Waals surface area contributed by atoms with Gasteiger partial charge < -0.3 is 13.3 Å². The van der Waals surface area contributed by atoms with Crippen LogP contribution >= 0.6 is 15.8 Å². The van der Waals surface area contributed by atoms with E-state index in [1.807, 2.05) is 0 Å². The van der Waals surface area contributed by atoms with Crippen LogP contribution in [0.25, 0.3) is 0 Å². The van der Waals surface area contributed by atoms with Gasteiger partial charge in [-0.3, -0.25) is 0 Å². The molecule has 0 heterocycles. The molecule has 7 heteroatoms. The van der Waals surface area contributed by atoms with Crippen molar-refractivity contribution in [2.24, 2.45) is 0 Å². The van der Waals surface area contributed by atoms with Crippen LogP contribution in [-0.4, -0.2) is 50.5 Å². The Morgan fingerprint density at radius 2 is 0.818 bits per heavy atom. The Morgan fingerprint density at radius 1 is 0.523 bits per heavy atom. The van der Waals surface area contributed by atoms with Crippen LogP contribution in [0, 0.1) is 0 Å². The number of hydrogen-bond donors (Lipinski definition) is 0. The summed E-state index contributed by atoms with van der Waals surface area (Å²) in [7, 11) is -4.22. The fourth-order valence-corrected chi connectivity index (χ4v) is 19.1. The zero-order valence-corrected chi connectivity index (χ0v) is 31.2. The van der Waals surface area contributed by atoms with E-state index in [0.29, 0.717) is 30.5 Å². The maximum absolute atomic E-state index is 6.44. The maximum Gasteiger partial charge on any atom is 0.500 e. The fraction of sp³-hybridized carbons (Fsp3) is 0.351. The summed E-state index contributed by atoms with van der Waals surface area (Å²) in [4.78, 5) is 0. The highest BCUT2D eigenvalue weighted by molar-refractivity contribution is 7.73. The zero-order valence-electron chi connectivity index (χ0n) is 27.0. The van der Waals surface area contributed by atoms with Gasteiger partial charge in [0.1, 0.15) is 0 Å². The van der Waals surface area contributed by atoms with Gasteiger partial charge in [-0.05, 0) is 83.0 Å². The lowest BCUT2D eigenvalue weighted by atomic mass is 10.3. The lowest BCUT2D eigenvalue weighted by molar-refractivity contribution is 0.0690. The van der Waals surface area contributed by atoms with Gasteiger partial charge in [0, 0.05) is 34.5 Å². The first-order chi connectivity index (χ1) is 21.6. The van der Waals surface area contributed by atoms with Crippen molar-refractivity contribution in [3.05, 3.63) is 121 Å². The molecule has 0 aliphatic carbocycles. The predicted molar refractivity (Wildman–Crippen MR) is 199 cm³/mol. The van der Waals surface area contributed by atoms with E-state index in [2.05, 4.69) is 149 Å².